The zero-order chi connectivity index (χ0) is 23.3. The molecule has 0 radical (unpaired) electrons. The van der Waals surface area contributed by atoms with E-state index < -0.39 is 35.4 Å². The van der Waals surface area contributed by atoms with Gasteiger partial charge in [-0.15, -0.1) is 0 Å². The van der Waals surface area contributed by atoms with Crippen molar-refractivity contribution in [3.63, 3.8) is 0 Å². The number of allylic oxidation sites excluding steroid dienone is 2. The Hall–Kier alpha value is -4.16. The molecule has 3 rings (SSSR count). The summed E-state index contributed by atoms with van der Waals surface area (Å²) >= 11 is 0. The number of nitrogens with zero attached hydrogens (tertiary/aromatic N) is 2. The van der Waals surface area contributed by atoms with Crippen LogP contribution in [0.4, 0.5) is 17.5 Å². The maximum Gasteiger partial charge on any atom is 0.326 e. The number of anilines is 2. The number of aromatic amines is 1. The van der Waals surface area contributed by atoms with Crippen LogP contribution in [0.5, 0.6) is 0 Å². The minimum absolute atomic E-state index is 0.00526. The largest absolute Gasteiger partial charge is 0.481 e. The number of aromatic nitrogens is 2. The number of nitrogens with two attached hydrogens (primary N) is 1. The molecule has 0 saturated heterocycles. The average Bonchev–Trinajstić information content (AvgIpc) is 2.75. The Bertz CT molecular complexity index is 1070. The number of hydrogen-bond donors (Lipinski definition) is 7. The molecule has 32 heavy (non-hydrogen) atoms. The molecule has 0 spiro atoms. The van der Waals surface area contributed by atoms with Gasteiger partial charge in [-0.25, -0.2) is 9.79 Å². The molecule has 170 valence electrons. The number of nitrogen functional groups attached to an aromatic ring is 1. The van der Waals surface area contributed by atoms with E-state index >= 15 is 0 Å². The van der Waals surface area contributed by atoms with E-state index in [0.29, 0.717) is 31.0 Å². The predicted molar refractivity (Wildman–Crippen MR) is 115 cm³/mol. The van der Waals surface area contributed by atoms with Gasteiger partial charge in [0.2, 0.25) is 11.9 Å². The number of aliphatic imine (C=N–C) groups is 1. The highest BCUT2D eigenvalue weighted by Crippen LogP contribution is 2.21. The van der Waals surface area contributed by atoms with Gasteiger partial charge >= 0.3 is 11.9 Å². The molecule has 2 unspecified atom stereocenters. The van der Waals surface area contributed by atoms with E-state index in [1.807, 2.05) is 0 Å². The van der Waals surface area contributed by atoms with Crippen LogP contribution in [0, 0.1) is 5.92 Å². The molecule has 0 fully saturated rings. The summed E-state index contributed by atoms with van der Waals surface area (Å²) in [5.41, 5.74) is 6.64. The Morgan fingerprint density at radius 3 is 2.75 bits per heavy atom. The van der Waals surface area contributed by atoms with Crippen molar-refractivity contribution in [2.75, 3.05) is 24.1 Å². The molecular formula is C19H23N7O6. The standard InChI is InChI=1S/C19H23N7O6/c20-19-25-15-14(17(30)26-19)23-11(8-22-15)7-21-10-3-1-9(2-4-10)16(29)24-12(18(31)32)5-6-13(27)28/h1,3-4,9,12,21H,2,5-8H2,(H,24,29)(H,27,28)(H,31,32)(H4,20,22,25,26,30). The number of amides is 1. The Morgan fingerprint density at radius 1 is 1.31 bits per heavy atom. The van der Waals surface area contributed by atoms with Crippen LogP contribution in [0.3, 0.4) is 0 Å². The Kier molecular flexibility index (Phi) is 6.87. The number of carboxylic acids is 2. The minimum atomic E-state index is -1.28. The summed E-state index contributed by atoms with van der Waals surface area (Å²) in [7, 11) is 0. The monoisotopic (exact) mass is 445 g/mol. The summed E-state index contributed by atoms with van der Waals surface area (Å²) < 4.78 is 0. The fourth-order valence-electron chi connectivity index (χ4n) is 3.15. The van der Waals surface area contributed by atoms with Gasteiger partial charge in [0.25, 0.3) is 5.56 Å². The first-order chi connectivity index (χ1) is 15.2. The molecule has 2 heterocycles. The molecule has 1 aromatic rings. The van der Waals surface area contributed by atoms with Gasteiger partial charge < -0.3 is 31.9 Å². The fraction of sp³-hybridized carbons (Fsp3) is 0.368. The van der Waals surface area contributed by atoms with Crippen LogP contribution < -0.4 is 27.2 Å². The zero-order valence-electron chi connectivity index (χ0n) is 16.9. The van der Waals surface area contributed by atoms with Crippen molar-refractivity contribution in [2.45, 2.75) is 25.3 Å². The number of carbonyl (C=O) groups excluding carboxylic acids is 1. The third kappa shape index (κ3) is 5.71. The molecule has 0 bridgehead atoms. The Morgan fingerprint density at radius 2 is 2.09 bits per heavy atom. The third-order valence-corrected chi connectivity index (χ3v) is 4.84. The number of rotatable bonds is 9. The molecule has 1 aliphatic heterocycles. The van der Waals surface area contributed by atoms with E-state index in [1.54, 1.807) is 18.2 Å². The van der Waals surface area contributed by atoms with Crippen molar-refractivity contribution in [1.82, 2.24) is 20.6 Å². The van der Waals surface area contributed by atoms with Crippen LogP contribution >= 0.6 is 0 Å². The van der Waals surface area contributed by atoms with Gasteiger partial charge in [0.1, 0.15) is 6.04 Å². The maximum absolute atomic E-state index is 12.3. The van der Waals surface area contributed by atoms with E-state index in [-0.39, 0.29) is 24.5 Å². The van der Waals surface area contributed by atoms with Gasteiger partial charge in [0.05, 0.1) is 24.7 Å². The van der Waals surface area contributed by atoms with E-state index in [2.05, 4.69) is 30.9 Å². The molecule has 2 atom stereocenters. The first-order valence-corrected chi connectivity index (χ1v) is 9.80. The molecule has 0 saturated carbocycles. The second-order valence-electron chi connectivity index (χ2n) is 7.23. The normalized spacial score (nSPS) is 17.8. The second kappa shape index (κ2) is 9.76. The lowest BCUT2D eigenvalue weighted by Crippen LogP contribution is -2.43. The number of nitrogens with one attached hydrogen (secondary N) is 4. The molecule has 13 nitrogen and oxygen atoms in total. The minimum Gasteiger partial charge on any atom is -0.481 e. The third-order valence-electron chi connectivity index (χ3n) is 4.84. The number of aliphatic carboxylic acids is 2. The average molecular weight is 445 g/mol. The van der Waals surface area contributed by atoms with Crippen LogP contribution in [0.25, 0.3) is 0 Å². The Balaban J connectivity index is 1.52. The van der Waals surface area contributed by atoms with Crippen LogP contribution in [-0.4, -0.2) is 62.9 Å². The number of H-pyrrole nitrogens is 1. The highest BCUT2D eigenvalue weighted by Gasteiger charge is 2.25. The molecule has 1 aromatic heterocycles. The van der Waals surface area contributed by atoms with E-state index in [0.717, 1.165) is 5.70 Å². The SMILES string of the molecule is Nc1nc2c(c(=O)[nH]1)N=C(CNC1=CCC(C(=O)NC(CCC(=O)O)C(=O)O)C=C1)CN2. The smallest absolute Gasteiger partial charge is 0.326 e. The highest BCUT2D eigenvalue weighted by atomic mass is 16.4. The van der Waals surface area contributed by atoms with Crippen molar-refractivity contribution in [2.24, 2.45) is 10.9 Å². The van der Waals surface area contributed by atoms with Crippen molar-refractivity contribution in [3.8, 4) is 0 Å². The summed E-state index contributed by atoms with van der Waals surface area (Å²) in [5.74, 6) is -3.14. The van der Waals surface area contributed by atoms with Gasteiger partial charge in [-0.2, -0.15) is 4.98 Å². The van der Waals surface area contributed by atoms with Crippen LogP contribution in [0.1, 0.15) is 19.3 Å². The Labute approximate surface area is 181 Å². The first-order valence-electron chi connectivity index (χ1n) is 9.80. The molecule has 8 N–H and O–H groups in total. The summed E-state index contributed by atoms with van der Waals surface area (Å²) in [4.78, 5) is 56.9. The second-order valence-corrected chi connectivity index (χ2v) is 7.23. The van der Waals surface area contributed by atoms with E-state index in [1.165, 1.54) is 0 Å². The summed E-state index contributed by atoms with van der Waals surface area (Å²) in [6.07, 6.45) is 4.91. The van der Waals surface area contributed by atoms with Crippen LogP contribution in [0.15, 0.2) is 33.7 Å². The number of fused-ring (bicyclic) bond motifs is 1. The van der Waals surface area contributed by atoms with Crippen molar-refractivity contribution < 1.29 is 24.6 Å². The van der Waals surface area contributed by atoms with Gasteiger partial charge in [-0.3, -0.25) is 19.4 Å². The quantitative estimate of drug-likeness (QED) is 0.255. The van der Waals surface area contributed by atoms with E-state index in [9.17, 15) is 19.2 Å². The topological polar surface area (TPSA) is 212 Å². The van der Waals surface area contributed by atoms with Crippen LogP contribution in [0.2, 0.25) is 0 Å². The van der Waals surface area contributed by atoms with Crippen LogP contribution in [-0.2, 0) is 14.4 Å². The van der Waals surface area contributed by atoms with Crippen molar-refractivity contribution >= 4 is 41.0 Å². The summed E-state index contributed by atoms with van der Waals surface area (Å²) in [6, 6.07) is -1.26. The molecule has 1 amide bonds. The van der Waals surface area contributed by atoms with Gasteiger partial charge in [-0.05, 0) is 18.9 Å². The fourth-order valence-corrected chi connectivity index (χ4v) is 3.15. The molecule has 0 aromatic carbocycles. The molecular weight excluding hydrogens is 422 g/mol. The number of carboxylic acid groups (broad SMARTS) is 2. The lowest BCUT2D eigenvalue weighted by molar-refractivity contribution is -0.143. The van der Waals surface area contributed by atoms with Crippen molar-refractivity contribution in [1.29, 1.82) is 0 Å². The lowest BCUT2D eigenvalue weighted by Gasteiger charge is -2.21. The molecule has 13 heteroatoms. The molecule has 1 aliphatic carbocycles. The maximum atomic E-state index is 12.3. The summed E-state index contributed by atoms with van der Waals surface area (Å²) in [6.45, 7) is 0.727. The highest BCUT2D eigenvalue weighted by molar-refractivity contribution is 5.96. The number of carbonyl (C=O) groups is 3. The number of hydrogen-bond acceptors (Lipinski definition) is 9. The first kappa shape index (κ1) is 22.5. The van der Waals surface area contributed by atoms with Gasteiger partial charge in [0.15, 0.2) is 11.5 Å². The molecule has 2 aliphatic rings. The predicted octanol–water partition coefficient (Wildman–Crippen LogP) is -0.666. The van der Waals surface area contributed by atoms with E-state index in [4.69, 9.17) is 15.9 Å². The van der Waals surface area contributed by atoms with Gasteiger partial charge in [0, 0.05) is 12.1 Å². The van der Waals surface area contributed by atoms with Gasteiger partial charge in [-0.1, -0.05) is 12.2 Å². The zero-order valence-corrected chi connectivity index (χ0v) is 16.9. The lowest BCUT2D eigenvalue weighted by atomic mass is 9.97. The summed E-state index contributed by atoms with van der Waals surface area (Å²) in [5, 5.41) is 26.4. The van der Waals surface area contributed by atoms with Crippen molar-refractivity contribution in [3.05, 3.63) is 34.3 Å².